The number of halogens is 1. The number of hydrazone groups is 2. The highest BCUT2D eigenvalue weighted by Crippen LogP contribution is 2.10. The maximum atomic E-state index is 9.52. The largest absolute Gasteiger partial charge is 0.508 e. The number of hydrogen-bond acceptors (Lipinski definition) is 7. The fraction of sp³-hybridized carbons (Fsp3) is 0. The van der Waals surface area contributed by atoms with Gasteiger partial charge in [-0.3, -0.25) is 0 Å². The fourth-order valence-corrected chi connectivity index (χ4v) is 2.37. The summed E-state index contributed by atoms with van der Waals surface area (Å²) in [5, 5.41) is 44.6. The number of nitrogens with zero attached hydrogens (tertiary/aromatic N) is 4. The molecule has 10 heteroatoms. The average molecular weight is 453 g/mol. The molecule has 0 bridgehead atoms. The van der Waals surface area contributed by atoms with Crippen molar-refractivity contribution in [3.63, 3.8) is 0 Å². The first kappa shape index (κ1) is 23.9. The third kappa shape index (κ3) is 8.17. The maximum absolute atomic E-state index is 9.52. The molecule has 0 aliphatic rings. The second-order valence-electron chi connectivity index (χ2n) is 6.22. The van der Waals surface area contributed by atoms with Gasteiger partial charge in [-0.25, -0.2) is 10.9 Å². The van der Waals surface area contributed by atoms with E-state index < -0.39 is 0 Å². The van der Waals surface area contributed by atoms with Gasteiger partial charge in [0.15, 0.2) is 0 Å². The minimum absolute atomic E-state index is 0. The van der Waals surface area contributed by atoms with E-state index in [9.17, 15) is 15.3 Å². The van der Waals surface area contributed by atoms with Gasteiger partial charge in [0.1, 0.15) is 17.2 Å². The minimum Gasteiger partial charge on any atom is -0.508 e. The number of nitrogens with one attached hydrogen (secondary N) is 2. The molecule has 0 saturated heterocycles. The van der Waals surface area contributed by atoms with E-state index in [1.54, 1.807) is 72.8 Å². The van der Waals surface area contributed by atoms with Gasteiger partial charge >= 0.3 is 0 Å². The lowest BCUT2D eigenvalue weighted by atomic mass is 10.2. The van der Waals surface area contributed by atoms with Crippen LogP contribution in [-0.2, 0) is 0 Å². The van der Waals surface area contributed by atoms with Gasteiger partial charge in [0.2, 0.25) is 0 Å². The highest BCUT2D eigenvalue weighted by Gasteiger charge is 1.96. The highest BCUT2D eigenvalue weighted by atomic mass is 35.5. The first-order valence-corrected chi connectivity index (χ1v) is 9.15. The van der Waals surface area contributed by atoms with E-state index in [0.717, 1.165) is 0 Å². The molecule has 0 aromatic heterocycles. The second kappa shape index (κ2) is 12.4. The molecule has 3 aromatic carbocycles. The van der Waals surface area contributed by atoms with Crippen LogP contribution >= 0.6 is 12.4 Å². The van der Waals surface area contributed by atoms with Gasteiger partial charge < -0.3 is 15.3 Å². The van der Waals surface area contributed by atoms with Crippen LogP contribution < -0.4 is 10.9 Å². The predicted molar refractivity (Wildman–Crippen MR) is 128 cm³/mol. The van der Waals surface area contributed by atoms with Crippen molar-refractivity contribution in [2.75, 3.05) is 0 Å². The summed E-state index contributed by atoms with van der Waals surface area (Å²) >= 11 is 0. The van der Waals surface area contributed by atoms with Crippen LogP contribution in [0.4, 0.5) is 0 Å². The van der Waals surface area contributed by atoms with Gasteiger partial charge in [-0.1, -0.05) is 36.4 Å². The van der Waals surface area contributed by atoms with Gasteiger partial charge in [-0.05, 0) is 53.1 Å². The molecule has 0 unspecified atom stereocenters. The summed E-state index contributed by atoms with van der Waals surface area (Å²) in [5.74, 6) is 0.491. The van der Waals surface area contributed by atoms with Crippen molar-refractivity contribution in [2.45, 2.75) is 0 Å². The summed E-state index contributed by atoms with van der Waals surface area (Å²) in [6.07, 6.45) is 4.45. The average Bonchev–Trinajstić information content (AvgIpc) is 2.74. The Morgan fingerprint density at radius 1 is 0.625 bits per heavy atom. The predicted octanol–water partition coefficient (Wildman–Crippen LogP) is 3.16. The SMILES string of the molecule is Cl.Oc1cccc(C=NN=C(NN=Cc2cccc(O)c2)NN=Cc2cccc(O)c2)c1. The number of hydrogen-bond donors (Lipinski definition) is 5. The Morgan fingerprint density at radius 2 is 1.03 bits per heavy atom. The Bertz CT molecular complexity index is 1090. The molecule has 0 radical (unpaired) electrons. The molecule has 3 aromatic rings. The third-order valence-corrected chi connectivity index (χ3v) is 3.74. The van der Waals surface area contributed by atoms with Crippen molar-refractivity contribution in [2.24, 2.45) is 20.4 Å². The Balaban J connectivity index is 0.00000363. The Morgan fingerprint density at radius 3 is 1.44 bits per heavy atom. The lowest BCUT2D eigenvalue weighted by molar-refractivity contribution is 0.474. The Hall–Kier alpha value is -4.37. The minimum atomic E-state index is 0. The molecule has 0 atom stereocenters. The smallest absolute Gasteiger partial charge is 0.257 e. The highest BCUT2D eigenvalue weighted by molar-refractivity contribution is 5.87. The molecular weight excluding hydrogens is 432 g/mol. The van der Waals surface area contributed by atoms with E-state index in [1.807, 2.05) is 0 Å². The summed E-state index contributed by atoms with van der Waals surface area (Å²) < 4.78 is 0. The van der Waals surface area contributed by atoms with Crippen LogP contribution in [0.25, 0.3) is 0 Å². The molecule has 0 saturated carbocycles. The summed E-state index contributed by atoms with van der Waals surface area (Å²) in [4.78, 5) is 0. The number of aromatic hydroxyl groups is 3. The van der Waals surface area contributed by atoms with Crippen LogP contribution in [-0.4, -0.2) is 39.9 Å². The van der Waals surface area contributed by atoms with E-state index in [4.69, 9.17) is 0 Å². The molecule has 0 aliphatic carbocycles. The summed E-state index contributed by atoms with van der Waals surface area (Å²) in [6, 6.07) is 19.7. The first-order valence-electron chi connectivity index (χ1n) is 9.15. The van der Waals surface area contributed by atoms with Crippen LogP contribution in [0.3, 0.4) is 0 Å². The monoisotopic (exact) mass is 452 g/mol. The van der Waals surface area contributed by atoms with Crippen molar-refractivity contribution in [1.82, 2.24) is 10.9 Å². The normalized spacial score (nSPS) is 10.9. The summed E-state index contributed by atoms with van der Waals surface area (Å²) in [6.45, 7) is 0. The number of benzene rings is 3. The van der Waals surface area contributed by atoms with Gasteiger partial charge in [0.25, 0.3) is 5.96 Å². The van der Waals surface area contributed by atoms with Crippen LogP contribution in [0.1, 0.15) is 16.7 Å². The second-order valence-corrected chi connectivity index (χ2v) is 6.22. The van der Waals surface area contributed by atoms with E-state index in [1.165, 1.54) is 18.6 Å². The molecule has 9 nitrogen and oxygen atoms in total. The molecule has 5 N–H and O–H groups in total. The maximum Gasteiger partial charge on any atom is 0.257 e. The van der Waals surface area contributed by atoms with Crippen LogP contribution in [0.2, 0.25) is 0 Å². The van der Waals surface area contributed by atoms with E-state index in [-0.39, 0.29) is 35.6 Å². The van der Waals surface area contributed by atoms with Crippen LogP contribution in [0, 0.1) is 0 Å². The van der Waals surface area contributed by atoms with Crippen LogP contribution in [0.15, 0.2) is 93.2 Å². The Kier molecular flexibility index (Phi) is 9.23. The molecule has 0 aliphatic heterocycles. The third-order valence-electron chi connectivity index (χ3n) is 3.74. The standard InChI is InChI=1S/C22H20N6O3.ClH/c29-19-7-1-4-16(10-19)13-23-26-22(27-24-14-17-5-2-8-20(30)11-17)28-25-15-18-6-3-9-21(31)12-18;/h1-15,29-31H,(H2,26,27,28);1H. The van der Waals surface area contributed by atoms with Gasteiger partial charge in [0.05, 0.1) is 18.6 Å². The van der Waals surface area contributed by atoms with Gasteiger partial charge in [0, 0.05) is 0 Å². The first-order chi connectivity index (χ1) is 15.1. The molecule has 32 heavy (non-hydrogen) atoms. The molecule has 164 valence electrons. The van der Waals surface area contributed by atoms with Crippen molar-refractivity contribution < 1.29 is 15.3 Å². The topological polar surface area (TPSA) is 134 Å². The zero-order valence-corrected chi connectivity index (χ0v) is 17.5. The number of rotatable bonds is 6. The van der Waals surface area contributed by atoms with E-state index in [2.05, 4.69) is 31.3 Å². The summed E-state index contributed by atoms with van der Waals surface area (Å²) in [5.41, 5.74) is 7.39. The van der Waals surface area contributed by atoms with Crippen molar-refractivity contribution in [3.05, 3.63) is 89.5 Å². The molecule has 0 heterocycles. The van der Waals surface area contributed by atoms with Crippen molar-refractivity contribution in [1.29, 1.82) is 0 Å². The molecule has 0 amide bonds. The van der Waals surface area contributed by atoms with Crippen molar-refractivity contribution in [3.8, 4) is 17.2 Å². The molecule has 0 fully saturated rings. The van der Waals surface area contributed by atoms with Gasteiger partial charge in [-0.2, -0.15) is 15.3 Å². The van der Waals surface area contributed by atoms with Gasteiger partial charge in [-0.15, -0.1) is 17.5 Å². The fourth-order valence-electron chi connectivity index (χ4n) is 2.37. The quantitative estimate of drug-likeness (QED) is 0.222. The summed E-state index contributed by atoms with van der Waals surface area (Å²) in [7, 11) is 0. The number of guanidine groups is 1. The van der Waals surface area contributed by atoms with E-state index >= 15 is 0 Å². The molecule has 0 spiro atoms. The van der Waals surface area contributed by atoms with E-state index in [0.29, 0.717) is 16.7 Å². The zero-order valence-electron chi connectivity index (χ0n) is 16.7. The number of phenolic OH excluding ortho intramolecular Hbond substituents is 3. The Labute approximate surface area is 190 Å². The molecule has 3 rings (SSSR count). The zero-order chi connectivity index (χ0) is 21.9. The lowest BCUT2D eigenvalue weighted by Crippen LogP contribution is -2.30. The number of phenols is 3. The molecular formula is C22H21ClN6O3. The van der Waals surface area contributed by atoms with Crippen LogP contribution in [0.5, 0.6) is 17.2 Å². The van der Waals surface area contributed by atoms with Crippen molar-refractivity contribution >= 4 is 37.0 Å². The lowest BCUT2D eigenvalue weighted by Gasteiger charge is -2.03.